The fourth-order valence-electron chi connectivity index (χ4n) is 1.68. The van der Waals surface area contributed by atoms with Crippen LogP contribution in [0.4, 0.5) is 5.00 Å². The van der Waals surface area contributed by atoms with E-state index in [-0.39, 0.29) is 15.5 Å². The largest absolute Gasteiger partial charge is 0.478 e. The van der Waals surface area contributed by atoms with E-state index in [2.05, 4.69) is 4.37 Å². The summed E-state index contributed by atoms with van der Waals surface area (Å²) in [5.41, 5.74) is 0.213. The van der Waals surface area contributed by atoms with Gasteiger partial charge in [-0.25, -0.2) is 13.2 Å². The number of anilines is 1. The third-order valence-corrected chi connectivity index (χ3v) is 5.65. The van der Waals surface area contributed by atoms with E-state index in [4.69, 9.17) is 5.11 Å². The van der Waals surface area contributed by atoms with Crippen LogP contribution in [0.15, 0.2) is 35.2 Å². The van der Waals surface area contributed by atoms with Crippen molar-refractivity contribution in [1.82, 2.24) is 4.37 Å². The molecular formula is C12H12N2O4S2. The molecule has 0 atom stereocenters. The molecule has 1 heterocycles. The molecule has 0 amide bonds. The molecule has 8 heteroatoms. The van der Waals surface area contributed by atoms with Gasteiger partial charge in [0, 0.05) is 7.05 Å². The Morgan fingerprint density at radius 3 is 2.45 bits per heavy atom. The average molecular weight is 312 g/mol. The average Bonchev–Trinajstić information content (AvgIpc) is 2.80. The summed E-state index contributed by atoms with van der Waals surface area (Å²) in [7, 11) is -2.47. The Hall–Kier alpha value is -1.93. The highest BCUT2D eigenvalue weighted by molar-refractivity contribution is 7.93. The second-order valence-corrected chi connectivity index (χ2v) is 6.76. The van der Waals surface area contributed by atoms with Gasteiger partial charge in [-0.3, -0.25) is 4.31 Å². The molecule has 0 spiro atoms. The van der Waals surface area contributed by atoms with Crippen molar-refractivity contribution >= 4 is 32.5 Å². The maximum absolute atomic E-state index is 12.4. The molecule has 0 aliphatic carbocycles. The van der Waals surface area contributed by atoms with Crippen molar-refractivity contribution in [3.63, 3.8) is 0 Å². The predicted octanol–water partition coefficient (Wildman–Crippen LogP) is 1.97. The molecule has 1 aromatic carbocycles. The minimum atomic E-state index is -3.79. The Balaban J connectivity index is 2.52. The summed E-state index contributed by atoms with van der Waals surface area (Å²) in [5, 5.41) is 9.26. The zero-order valence-corrected chi connectivity index (χ0v) is 12.4. The van der Waals surface area contributed by atoms with Gasteiger partial charge in [0.1, 0.15) is 10.6 Å². The van der Waals surface area contributed by atoms with Crippen LogP contribution in [0.3, 0.4) is 0 Å². The fraction of sp³-hybridized carbons (Fsp3) is 0.167. The third-order valence-electron chi connectivity index (χ3n) is 2.75. The van der Waals surface area contributed by atoms with Gasteiger partial charge in [0.15, 0.2) is 0 Å². The number of aromatic carboxylic acids is 1. The molecule has 106 valence electrons. The summed E-state index contributed by atoms with van der Waals surface area (Å²) in [4.78, 5) is 11.3. The molecule has 0 unspecified atom stereocenters. The number of aromatic nitrogens is 1. The third kappa shape index (κ3) is 2.39. The van der Waals surface area contributed by atoms with Crippen LogP contribution in [-0.2, 0) is 10.0 Å². The van der Waals surface area contributed by atoms with E-state index in [1.54, 1.807) is 18.2 Å². The van der Waals surface area contributed by atoms with Gasteiger partial charge in [0.05, 0.1) is 10.6 Å². The van der Waals surface area contributed by atoms with E-state index >= 15 is 0 Å². The number of carbonyl (C=O) groups is 1. The summed E-state index contributed by atoms with van der Waals surface area (Å²) >= 11 is 0.850. The van der Waals surface area contributed by atoms with Gasteiger partial charge >= 0.3 is 5.97 Å². The monoisotopic (exact) mass is 312 g/mol. The first-order valence-corrected chi connectivity index (χ1v) is 7.80. The number of rotatable bonds is 4. The Morgan fingerprint density at radius 2 is 1.90 bits per heavy atom. The van der Waals surface area contributed by atoms with Crippen molar-refractivity contribution in [3.05, 3.63) is 41.6 Å². The van der Waals surface area contributed by atoms with Gasteiger partial charge in [-0.15, -0.1) is 0 Å². The minimum Gasteiger partial charge on any atom is -0.478 e. The first kappa shape index (κ1) is 14.5. The fourth-order valence-corrected chi connectivity index (χ4v) is 3.96. The van der Waals surface area contributed by atoms with E-state index in [0.29, 0.717) is 5.69 Å². The number of hydrogen-bond acceptors (Lipinski definition) is 5. The molecule has 6 nitrogen and oxygen atoms in total. The molecule has 0 bridgehead atoms. The number of aryl methyl sites for hydroxylation is 1. The Labute approximate surface area is 120 Å². The van der Waals surface area contributed by atoms with Crippen molar-refractivity contribution < 1.29 is 18.3 Å². The van der Waals surface area contributed by atoms with E-state index in [1.807, 2.05) is 0 Å². The molecule has 1 aromatic heterocycles. The van der Waals surface area contributed by atoms with Gasteiger partial charge in [-0.2, -0.15) is 4.37 Å². The lowest BCUT2D eigenvalue weighted by Gasteiger charge is -2.17. The first-order valence-electron chi connectivity index (χ1n) is 5.59. The summed E-state index contributed by atoms with van der Waals surface area (Å²) in [6.07, 6.45) is 0. The molecule has 0 aliphatic rings. The number of carboxylic acids is 1. The molecule has 0 saturated heterocycles. The van der Waals surface area contributed by atoms with Crippen LogP contribution in [0.1, 0.15) is 16.1 Å². The minimum absolute atomic E-state index is 0.0861. The van der Waals surface area contributed by atoms with E-state index < -0.39 is 16.0 Å². The number of benzene rings is 1. The lowest BCUT2D eigenvalue weighted by atomic mass is 10.2. The molecule has 20 heavy (non-hydrogen) atoms. The maximum Gasteiger partial charge on any atom is 0.340 e. The van der Waals surface area contributed by atoms with Crippen molar-refractivity contribution in [2.24, 2.45) is 0 Å². The summed E-state index contributed by atoms with van der Waals surface area (Å²) < 4.78 is 29.7. The van der Waals surface area contributed by atoms with Crippen molar-refractivity contribution in [1.29, 1.82) is 0 Å². The van der Waals surface area contributed by atoms with Crippen LogP contribution in [0.5, 0.6) is 0 Å². The highest BCUT2D eigenvalue weighted by Gasteiger charge is 2.28. The molecule has 0 saturated carbocycles. The highest BCUT2D eigenvalue weighted by atomic mass is 32.2. The van der Waals surface area contributed by atoms with Crippen LogP contribution in [0, 0.1) is 6.92 Å². The number of carboxylic acid groups (broad SMARTS) is 1. The molecule has 0 radical (unpaired) electrons. The van der Waals surface area contributed by atoms with Gasteiger partial charge in [-0.05, 0) is 30.6 Å². The molecule has 1 N–H and O–H groups in total. The van der Waals surface area contributed by atoms with Crippen LogP contribution in [0.2, 0.25) is 0 Å². The van der Waals surface area contributed by atoms with Crippen LogP contribution in [0.25, 0.3) is 0 Å². The highest BCUT2D eigenvalue weighted by Crippen LogP contribution is 2.31. The Morgan fingerprint density at radius 1 is 1.30 bits per heavy atom. The zero-order valence-electron chi connectivity index (χ0n) is 10.8. The van der Waals surface area contributed by atoms with E-state index in [1.165, 1.54) is 26.1 Å². The molecule has 2 aromatic rings. The molecule has 0 fully saturated rings. The summed E-state index contributed by atoms with van der Waals surface area (Å²) in [6, 6.07) is 7.84. The maximum atomic E-state index is 12.4. The molecule has 0 aliphatic heterocycles. The quantitative estimate of drug-likeness (QED) is 0.932. The topological polar surface area (TPSA) is 87.6 Å². The second kappa shape index (κ2) is 5.22. The molecule has 2 rings (SSSR count). The zero-order chi connectivity index (χ0) is 14.9. The Kier molecular flexibility index (Phi) is 3.78. The van der Waals surface area contributed by atoms with Gasteiger partial charge in [0.25, 0.3) is 10.0 Å². The normalized spacial score (nSPS) is 11.3. The molecular weight excluding hydrogens is 300 g/mol. The van der Waals surface area contributed by atoms with Crippen LogP contribution >= 0.6 is 11.5 Å². The standard InChI is InChI=1S/C12H12N2O4S2/c1-8-10(12(15)16)11(19-13-8)14(2)20(17,18)9-6-4-3-5-7-9/h3-7H,1-2H3,(H,15,16). The second-order valence-electron chi connectivity index (χ2n) is 4.04. The lowest BCUT2D eigenvalue weighted by Crippen LogP contribution is -2.27. The SMILES string of the molecule is Cc1nsc(N(C)S(=O)(=O)c2ccccc2)c1C(=O)O. The van der Waals surface area contributed by atoms with E-state index in [9.17, 15) is 13.2 Å². The smallest absolute Gasteiger partial charge is 0.340 e. The van der Waals surface area contributed by atoms with Gasteiger partial charge in [0.2, 0.25) is 0 Å². The van der Waals surface area contributed by atoms with Crippen LogP contribution < -0.4 is 4.31 Å². The Bertz CT molecular complexity index is 738. The lowest BCUT2D eigenvalue weighted by molar-refractivity contribution is 0.0697. The van der Waals surface area contributed by atoms with E-state index in [0.717, 1.165) is 15.8 Å². The van der Waals surface area contributed by atoms with Crippen LogP contribution in [-0.4, -0.2) is 30.9 Å². The number of hydrogen-bond donors (Lipinski definition) is 1. The summed E-state index contributed by atoms with van der Waals surface area (Å²) in [6.45, 7) is 1.53. The summed E-state index contributed by atoms with van der Waals surface area (Å²) in [5.74, 6) is -1.19. The number of sulfonamides is 1. The predicted molar refractivity (Wildman–Crippen MR) is 75.8 cm³/mol. The van der Waals surface area contributed by atoms with Gasteiger partial charge < -0.3 is 5.11 Å². The van der Waals surface area contributed by atoms with Crippen molar-refractivity contribution in [2.45, 2.75) is 11.8 Å². The first-order chi connectivity index (χ1) is 9.35. The van der Waals surface area contributed by atoms with Crippen molar-refractivity contribution in [3.8, 4) is 0 Å². The van der Waals surface area contributed by atoms with Gasteiger partial charge in [-0.1, -0.05) is 18.2 Å². The van der Waals surface area contributed by atoms with Crippen molar-refractivity contribution in [2.75, 3.05) is 11.4 Å². The number of nitrogens with zero attached hydrogens (tertiary/aromatic N) is 2.